The molecule has 4 nitrogen and oxygen atoms in total. The summed E-state index contributed by atoms with van der Waals surface area (Å²) in [7, 11) is 5.80. The highest BCUT2D eigenvalue weighted by atomic mass is 32.1. The van der Waals surface area contributed by atoms with E-state index in [0.29, 0.717) is 5.69 Å². The van der Waals surface area contributed by atoms with Crippen molar-refractivity contribution in [1.29, 1.82) is 0 Å². The lowest BCUT2D eigenvalue weighted by Gasteiger charge is -2.18. The molecule has 2 N–H and O–H groups in total. The first-order valence-corrected chi connectivity index (χ1v) is 5.99. The zero-order valence-electron chi connectivity index (χ0n) is 10.3. The van der Waals surface area contributed by atoms with E-state index in [4.69, 9.17) is 5.73 Å². The molecule has 0 spiro atoms. The Hall–Kier alpha value is -1.07. The molecule has 0 fully saturated rings. The van der Waals surface area contributed by atoms with Crippen molar-refractivity contribution in [1.82, 2.24) is 9.80 Å². The molecule has 0 aliphatic heterocycles. The van der Waals surface area contributed by atoms with E-state index in [2.05, 4.69) is 4.90 Å². The van der Waals surface area contributed by atoms with Crippen LogP contribution in [0.5, 0.6) is 0 Å². The molecule has 0 aromatic carbocycles. The van der Waals surface area contributed by atoms with Gasteiger partial charge in [-0.3, -0.25) is 4.79 Å². The van der Waals surface area contributed by atoms with E-state index in [-0.39, 0.29) is 5.91 Å². The fourth-order valence-corrected chi connectivity index (χ4v) is 2.18. The minimum atomic E-state index is 0.0478. The Kier molecular flexibility index (Phi) is 4.32. The number of carbonyl (C=O) groups is 1. The van der Waals surface area contributed by atoms with E-state index in [1.807, 2.05) is 28.1 Å². The van der Waals surface area contributed by atoms with Crippen LogP contribution in [0.3, 0.4) is 0 Å². The first-order valence-electron chi connectivity index (χ1n) is 5.18. The maximum Gasteiger partial charge on any atom is 0.263 e. The van der Waals surface area contributed by atoms with Crippen molar-refractivity contribution in [2.45, 2.75) is 6.92 Å². The average molecular weight is 241 g/mol. The number of hydrogen-bond donors (Lipinski definition) is 1. The number of amides is 1. The van der Waals surface area contributed by atoms with Crippen molar-refractivity contribution in [2.75, 3.05) is 40.0 Å². The normalized spacial score (nSPS) is 10.8. The molecule has 1 aromatic rings. The summed E-state index contributed by atoms with van der Waals surface area (Å²) in [6.07, 6.45) is 0. The highest BCUT2D eigenvalue weighted by Crippen LogP contribution is 2.24. The van der Waals surface area contributed by atoms with Crippen LogP contribution in [0.4, 0.5) is 5.69 Å². The highest BCUT2D eigenvalue weighted by Gasteiger charge is 2.15. The Morgan fingerprint density at radius 1 is 1.38 bits per heavy atom. The third-order valence-electron chi connectivity index (χ3n) is 2.40. The first-order chi connectivity index (χ1) is 7.41. The van der Waals surface area contributed by atoms with Crippen molar-refractivity contribution in [3.8, 4) is 0 Å². The van der Waals surface area contributed by atoms with Crippen molar-refractivity contribution in [2.24, 2.45) is 0 Å². The highest BCUT2D eigenvalue weighted by molar-refractivity contribution is 7.14. The maximum absolute atomic E-state index is 12.0. The van der Waals surface area contributed by atoms with Gasteiger partial charge in [0.2, 0.25) is 0 Å². The van der Waals surface area contributed by atoms with E-state index in [1.54, 1.807) is 11.0 Å². The van der Waals surface area contributed by atoms with Crippen molar-refractivity contribution in [3.05, 3.63) is 15.8 Å². The van der Waals surface area contributed by atoms with Crippen LogP contribution in [0, 0.1) is 6.92 Å². The average Bonchev–Trinajstić information content (AvgIpc) is 2.54. The summed E-state index contributed by atoms with van der Waals surface area (Å²) in [4.78, 5) is 17.5. The molecule has 0 unspecified atom stereocenters. The van der Waals surface area contributed by atoms with Crippen LogP contribution in [0.15, 0.2) is 6.07 Å². The molecule has 1 heterocycles. The molecule has 0 radical (unpaired) electrons. The van der Waals surface area contributed by atoms with Crippen LogP contribution in [-0.4, -0.2) is 49.9 Å². The monoisotopic (exact) mass is 241 g/mol. The molecule has 0 saturated heterocycles. The van der Waals surface area contributed by atoms with Crippen LogP contribution < -0.4 is 5.73 Å². The number of nitrogen functional groups attached to an aromatic ring is 1. The SMILES string of the molecule is Cc1sc(C(=O)N(C)CCN(C)C)cc1N. The molecule has 1 amide bonds. The fraction of sp³-hybridized carbons (Fsp3) is 0.545. The van der Waals surface area contributed by atoms with E-state index in [9.17, 15) is 4.79 Å². The Labute approximate surface area is 101 Å². The van der Waals surface area contributed by atoms with Crippen LogP contribution >= 0.6 is 11.3 Å². The van der Waals surface area contributed by atoms with Gasteiger partial charge in [0.05, 0.1) is 4.88 Å². The van der Waals surface area contributed by atoms with Crippen LogP contribution in [0.25, 0.3) is 0 Å². The standard InChI is InChI=1S/C11H19N3OS/c1-8-9(12)7-10(16-8)11(15)14(4)6-5-13(2)3/h7H,5-6,12H2,1-4H3. The Morgan fingerprint density at radius 2 is 2.00 bits per heavy atom. The van der Waals surface area contributed by atoms with Crippen LogP contribution in [0.2, 0.25) is 0 Å². The van der Waals surface area contributed by atoms with Gasteiger partial charge in [0.25, 0.3) is 5.91 Å². The zero-order valence-corrected chi connectivity index (χ0v) is 11.1. The van der Waals surface area contributed by atoms with Crippen molar-refractivity contribution >= 4 is 22.9 Å². The topological polar surface area (TPSA) is 49.6 Å². The Bertz CT molecular complexity index is 354. The molecular weight excluding hydrogens is 222 g/mol. The van der Waals surface area contributed by atoms with Crippen molar-refractivity contribution < 1.29 is 4.79 Å². The molecule has 5 heteroatoms. The summed E-state index contributed by atoms with van der Waals surface area (Å²) >= 11 is 1.46. The van der Waals surface area contributed by atoms with Gasteiger partial charge in [0.15, 0.2) is 0 Å². The number of aryl methyl sites for hydroxylation is 1. The number of carbonyl (C=O) groups excluding carboxylic acids is 1. The van der Waals surface area contributed by atoms with E-state index >= 15 is 0 Å². The molecule has 90 valence electrons. The number of rotatable bonds is 4. The number of nitrogens with two attached hydrogens (primary N) is 1. The molecular formula is C11H19N3OS. The predicted octanol–water partition coefficient (Wildman–Crippen LogP) is 1.27. The van der Waals surface area contributed by atoms with E-state index in [1.165, 1.54) is 11.3 Å². The molecule has 1 aromatic heterocycles. The van der Waals surface area contributed by atoms with Crippen LogP contribution in [0.1, 0.15) is 14.5 Å². The second kappa shape index (κ2) is 5.32. The van der Waals surface area contributed by atoms with Gasteiger partial charge in [0, 0.05) is 30.7 Å². The van der Waals surface area contributed by atoms with Gasteiger partial charge < -0.3 is 15.5 Å². The summed E-state index contributed by atoms with van der Waals surface area (Å²) in [6.45, 7) is 3.52. The zero-order chi connectivity index (χ0) is 12.3. The number of nitrogens with zero attached hydrogens (tertiary/aromatic N) is 2. The van der Waals surface area contributed by atoms with Crippen LogP contribution in [-0.2, 0) is 0 Å². The Balaban J connectivity index is 2.63. The first kappa shape index (κ1) is 13.0. The van der Waals surface area contributed by atoms with Gasteiger partial charge in [-0.25, -0.2) is 0 Å². The van der Waals surface area contributed by atoms with Gasteiger partial charge in [-0.2, -0.15) is 0 Å². The number of likely N-dealkylation sites (N-methyl/N-ethyl adjacent to an activating group) is 2. The van der Waals surface area contributed by atoms with Gasteiger partial charge in [-0.15, -0.1) is 11.3 Å². The third kappa shape index (κ3) is 3.21. The molecule has 0 aliphatic carbocycles. The molecule has 1 rings (SSSR count). The smallest absolute Gasteiger partial charge is 0.263 e. The second-order valence-electron chi connectivity index (χ2n) is 4.15. The second-order valence-corrected chi connectivity index (χ2v) is 5.41. The maximum atomic E-state index is 12.0. The lowest BCUT2D eigenvalue weighted by atomic mass is 10.3. The quantitative estimate of drug-likeness (QED) is 0.863. The van der Waals surface area contributed by atoms with E-state index in [0.717, 1.165) is 22.8 Å². The Morgan fingerprint density at radius 3 is 2.44 bits per heavy atom. The van der Waals surface area contributed by atoms with E-state index < -0.39 is 0 Å². The lowest BCUT2D eigenvalue weighted by Crippen LogP contribution is -2.33. The summed E-state index contributed by atoms with van der Waals surface area (Å²) in [5.74, 6) is 0.0478. The molecule has 0 saturated carbocycles. The largest absolute Gasteiger partial charge is 0.398 e. The number of anilines is 1. The lowest BCUT2D eigenvalue weighted by molar-refractivity contribution is 0.0791. The predicted molar refractivity (Wildman–Crippen MR) is 69.0 cm³/mol. The minimum Gasteiger partial charge on any atom is -0.398 e. The fourth-order valence-electron chi connectivity index (χ4n) is 1.24. The van der Waals surface area contributed by atoms with Gasteiger partial charge in [-0.1, -0.05) is 0 Å². The summed E-state index contributed by atoms with van der Waals surface area (Å²) in [6, 6.07) is 1.76. The third-order valence-corrected chi connectivity index (χ3v) is 3.45. The summed E-state index contributed by atoms with van der Waals surface area (Å²) in [5, 5.41) is 0. The van der Waals surface area contributed by atoms with Gasteiger partial charge in [-0.05, 0) is 27.1 Å². The number of hydrogen-bond acceptors (Lipinski definition) is 4. The number of thiophene rings is 1. The van der Waals surface area contributed by atoms with Gasteiger partial charge in [0.1, 0.15) is 0 Å². The van der Waals surface area contributed by atoms with Gasteiger partial charge >= 0.3 is 0 Å². The molecule has 0 bridgehead atoms. The summed E-state index contributed by atoms with van der Waals surface area (Å²) < 4.78 is 0. The molecule has 0 aliphatic rings. The minimum absolute atomic E-state index is 0.0478. The molecule has 16 heavy (non-hydrogen) atoms. The summed E-state index contributed by atoms with van der Waals surface area (Å²) in [5.41, 5.74) is 6.44. The molecule has 0 atom stereocenters. The van der Waals surface area contributed by atoms with Crippen molar-refractivity contribution in [3.63, 3.8) is 0 Å².